The summed E-state index contributed by atoms with van der Waals surface area (Å²) in [5.74, 6) is -1.50. The maximum atomic E-state index is 13.3. The lowest BCUT2D eigenvalue weighted by atomic mass is 9.97. The van der Waals surface area contributed by atoms with Gasteiger partial charge < -0.3 is 15.2 Å². The van der Waals surface area contributed by atoms with E-state index in [2.05, 4.69) is 10.0 Å². The van der Waals surface area contributed by atoms with Gasteiger partial charge in [0.2, 0.25) is 10.0 Å². The summed E-state index contributed by atoms with van der Waals surface area (Å²) >= 11 is 0. The Kier molecular flexibility index (Phi) is 7.71. The van der Waals surface area contributed by atoms with Crippen molar-refractivity contribution < 1.29 is 31.8 Å². The lowest BCUT2D eigenvalue weighted by Gasteiger charge is -2.36. The van der Waals surface area contributed by atoms with Crippen LogP contribution in [0.4, 0.5) is 8.78 Å². The largest absolute Gasteiger partial charge is 0.394 e. The number of halogens is 2. The van der Waals surface area contributed by atoms with E-state index in [0.717, 1.165) is 18.2 Å². The van der Waals surface area contributed by atoms with Crippen LogP contribution in [-0.2, 0) is 14.8 Å². The molecule has 10 heteroatoms. The molecular weight excluding hydrogens is 430 g/mol. The van der Waals surface area contributed by atoms with Gasteiger partial charge >= 0.3 is 0 Å². The molecule has 3 rings (SSSR count). The molecule has 3 N–H and O–H groups in total. The maximum Gasteiger partial charge on any atom is 0.251 e. The molecule has 168 valence electrons. The highest BCUT2D eigenvalue weighted by Crippen LogP contribution is 2.22. The van der Waals surface area contributed by atoms with Crippen LogP contribution in [0.15, 0.2) is 53.4 Å². The van der Waals surface area contributed by atoms with E-state index in [4.69, 9.17) is 4.74 Å². The number of aliphatic hydroxyl groups is 1. The number of aliphatic hydroxyl groups excluding tert-OH is 1. The Balaban J connectivity index is 1.50. The SMILES string of the molecule is O=C(N[C@@H]1CC[C@H](CCNS(=O)(=O)c2ccc(F)cc2)O[C@H]1CO)c1cccc(F)c1. The van der Waals surface area contributed by atoms with E-state index in [-0.39, 0.29) is 29.7 Å². The predicted octanol–water partition coefficient (Wildman–Crippen LogP) is 1.97. The number of hydrogen-bond acceptors (Lipinski definition) is 5. The van der Waals surface area contributed by atoms with Gasteiger partial charge in [-0.3, -0.25) is 4.79 Å². The quantitative estimate of drug-likeness (QED) is 0.566. The van der Waals surface area contributed by atoms with E-state index in [0.29, 0.717) is 19.3 Å². The number of sulfonamides is 1. The summed E-state index contributed by atoms with van der Waals surface area (Å²) in [5, 5.41) is 12.4. The van der Waals surface area contributed by atoms with Crippen LogP contribution in [0.2, 0.25) is 0 Å². The van der Waals surface area contributed by atoms with Gasteiger partial charge in [-0.2, -0.15) is 0 Å². The molecule has 31 heavy (non-hydrogen) atoms. The first-order chi connectivity index (χ1) is 14.8. The van der Waals surface area contributed by atoms with Crippen LogP contribution in [0, 0.1) is 11.6 Å². The zero-order valence-corrected chi connectivity index (χ0v) is 17.4. The van der Waals surface area contributed by atoms with Crippen molar-refractivity contribution in [3.05, 3.63) is 65.7 Å². The van der Waals surface area contributed by atoms with Crippen molar-refractivity contribution in [1.29, 1.82) is 0 Å². The fourth-order valence-corrected chi connectivity index (χ4v) is 4.49. The van der Waals surface area contributed by atoms with Gasteiger partial charge in [-0.25, -0.2) is 21.9 Å². The average molecular weight is 454 g/mol. The molecule has 1 amide bonds. The Bertz CT molecular complexity index is 1000. The third kappa shape index (κ3) is 6.30. The highest BCUT2D eigenvalue weighted by atomic mass is 32.2. The number of hydrogen-bond donors (Lipinski definition) is 3. The molecule has 2 aromatic carbocycles. The normalized spacial score (nSPS) is 21.6. The van der Waals surface area contributed by atoms with E-state index >= 15 is 0 Å². The molecule has 0 aliphatic carbocycles. The number of carbonyl (C=O) groups excluding carboxylic acids is 1. The second kappa shape index (κ2) is 10.3. The van der Waals surface area contributed by atoms with Crippen molar-refractivity contribution in [3.63, 3.8) is 0 Å². The first-order valence-electron chi connectivity index (χ1n) is 9.86. The number of nitrogens with one attached hydrogen (secondary N) is 2. The minimum Gasteiger partial charge on any atom is -0.394 e. The smallest absolute Gasteiger partial charge is 0.251 e. The third-order valence-corrected chi connectivity index (χ3v) is 6.56. The molecule has 7 nitrogen and oxygen atoms in total. The highest BCUT2D eigenvalue weighted by molar-refractivity contribution is 7.89. The van der Waals surface area contributed by atoms with Crippen molar-refractivity contribution in [1.82, 2.24) is 10.0 Å². The monoisotopic (exact) mass is 454 g/mol. The molecule has 1 aliphatic rings. The zero-order valence-electron chi connectivity index (χ0n) is 16.6. The van der Waals surface area contributed by atoms with Crippen LogP contribution in [0.3, 0.4) is 0 Å². The predicted molar refractivity (Wildman–Crippen MR) is 109 cm³/mol. The van der Waals surface area contributed by atoms with Crippen molar-refractivity contribution in [2.75, 3.05) is 13.2 Å². The first-order valence-corrected chi connectivity index (χ1v) is 11.3. The van der Waals surface area contributed by atoms with E-state index in [1.807, 2.05) is 0 Å². The minimum atomic E-state index is -3.77. The van der Waals surface area contributed by atoms with Crippen molar-refractivity contribution in [2.24, 2.45) is 0 Å². The van der Waals surface area contributed by atoms with Crippen LogP contribution >= 0.6 is 0 Å². The number of carbonyl (C=O) groups is 1. The fourth-order valence-electron chi connectivity index (χ4n) is 3.44. The second-order valence-corrected chi connectivity index (χ2v) is 9.05. The summed E-state index contributed by atoms with van der Waals surface area (Å²) in [6.07, 6.45) is 0.451. The van der Waals surface area contributed by atoms with Gasteiger partial charge in [-0.15, -0.1) is 0 Å². The Hall–Kier alpha value is -2.40. The van der Waals surface area contributed by atoms with Gasteiger partial charge in [-0.1, -0.05) is 6.07 Å². The van der Waals surface area contributed by atoms with Gasteiger partial charge in [-0.05, 0) is 61.7 Å². The van der Waals surface area contributed by atoms with Crippen molar-refractivity contribution >= 4 is 15.9 Å². The standard InChI is InChI=1S/C21H24F2N2O5S/c22-15-4-7-18(8-5-15)31(28,29)24-11-10-17-6-9-19(20(13-26)30-17)25-21(27)14-2-1-3-16(23)12-14/h1-5,7-8,12,17,19-20,24,26H,6,9-11,13H2,(H,25,27)/t17-,19-,20+/m1/s1. The van der Waals surface area contributed by atoms with Crippen molar-refractivity contribution in [2.45, 2.75) is 42.4 Å². The van der Waals surface area contributed by atoms with Gasteiger partial charge in [0.05, 0.1) is 23.6 Å². The molecule has 3 atom stereocenters. The van der Waals surface area contributed by atoms with E-state index in [9.17, 15) is 27.1 Å². The Morgan fingerprint density at radius 3 is 2.52 bits per heavy atom. The molecule has 1 saturated heterocycles. The van der Waals surface area contributed by atoms with E-state index in [1.54, 1.807) is 0 Å². The van der Waals surface area contributed by atoms with Gasteiger partial charge in [0.25, 0.3) is 5.91 Å². The summed E-state index contributed by atoms with van der Waals surface area (Å²) < 4.78 is 59.1. The maximum absolute atomic E-state index is 13.3. The van der Waals surface area contributed by atoms with Gasteiger partial charge in [0, 0.05) is 12.1 Å². The highest BCUT2D eigenvalue weighted by Gasteiger charge is 2.32. The Labute approximate surface area is 179 Å². The molecule has 1 heterocycles. The van der Waals surface area contributed by atoms with Crippen molar-refractivity contribution in [3.8, 4) is 0 Å². The Morgan fingerprint density at radius 1 is 1.10 bits per heavy atom. The molecule has 0 saturated carbocycles. The van der Waals surface area contributed by atoms with Crippen LogP contribution in [0.5, 0.6) is 0 Å². The summed E-state index contributed by atoms with van der Waals surface area (Å²) in [7, 11) is -3.77. The van der Waals surface area contributed by atoms with E-state index in [1.165, 1.54) is 30.3 Å². The number of ether oxygens (including phenoxy) is 1. The molecule has 1 aliphatic heterocycles. The Morgan fingerprint density at radius 2 is 1.84 bits per heavy atom. The van der Waals surface area contributed by atoms with Crippen LogP contribution < -0.4 is 10.0 Å². The second-order valence-electron chi connectivity index (χ2n) is 7.29. The average Bonchev–Trinajstić information content (AvgIpc) is 2.74. The molecule has 0 aromatic heterocycles. The number of amides is 1. The zero-order chi connectivity index (χ0) is 22.4. The molecule has 2 aromatic rings. The summed E-state index contributed by atoms with van der Waals surface area (Å²) in [5.41, 5.74) is 0.175. The van der Waals surface area contributed by atoms with Gasteiger partial charge in [0.15, 0.2) is 0 Å². The van der Waals surface area contributed by atoms with Crippen LogP contribution in [0.1, 0.15) is 29.6 Å². The first kappa shape index (κ1) is 23.3. The molecular formula is C21H24F2N2O5S. The molecule has 0 bridgehead atoms. The molecule has 0 unspecified atom stereocenters. The number of rotatable bonds is 8. The summed E-state index contributed by atoms with van der Waals surface area (Å²) in [6.45, 7) is -0.227. The fraction of sp³-hybridized carbons (Fsp3) is 0.381. The summed E-state index contributed by atoms with van der Waals surface area (Å²) in [6, 6.07) is 9.36. The molecule has 0 spiro atoms. The topological polar surface area (TPSA) is 105 Å². The van der Waals surface area contributed by atoms with Crippen LogP contribution in [0.25, 0.3) is 0 Å². The third-order valence-electron chi connectivity index (χ3n) is 5.08. The lowest BCUT2D eigenvalue weighted by Crippen LogP contribution is -2.51. The van der Waals surface area contributed by atoms with Gasteiger partial charge in [0.1, 0.15) is 17.7 Å². The number of benzene rings is 2. The molecule has 1 fully saturated rings. The molecule has 0 radical (unpaired) electrons. The van der Waals surface area contributed by atoms with Crippen LogP contribution in [-0.4, -0.2) is 50.8 Å². The minimum absolute atomic E-state index is 0.0353. The van der Waals surface area contributed by atoms with E-state index < -0.39 is 39.7 Å². The lowest BCUT2D eigenvalue weighted by molar-refractivity contribution is -0.0891. The summed E-state index contributed by atoms with van der Waals surface area (Å²) in [4.78, 5) is 12.3.